The number of aliphatic hydroxyl groups is 6. The lowest BCUT2D eigenvalue weighted by molar-refractivity contribution is -0.318. The summed E-state index contributed by atoms with van der Waals surface area (Å²) in [5.41, 5.74) is -1.11. The van der Waals surface area contributed by atoms with Crippen molar-refractivity contribution in [2.75, 3.05) is 13.7 Å². The van der Waals surface area contributed by atoms with Gasteiger partial charge in [0.2, 0.25) is 17.5 Å². The highest BCUT2D eigenvalue weighted by Gasteiger charge is 2.47. The number of phenols is 3. The van der Waals surface area contributed by atoms with E-state index in [1.807, 2.05) is 0 Å². The molecule has 0 radical (unpaired) electrons. The largest absolute Gasteiger partial charge is 0.508 e. The van der Waals surface area contributed by atoms with Crippen molar-refractivity contribution in [2.45, 2.75) is 68.3 Å². The Balaban J connectivity index is 1.49. The Morgan fingerprint density at radius 3 is 2.18 bits per heavy atom. The lowest BCUT2D eigenvalue weighted by Gasteiger charge is -2.42. The lowest BCUT2D eigenvalue weighted by Crippen LogP contribution is -2.61. The number of methoxy groups -OCH3 is 1. The van der Waals surface area contributed by atoms with E-state index < -0.39 is 96.1 Å². The highest BCUT2D eigenvalue weighted by molar-refractivity contribution is 5.88. The fraction of sp³-hybridized carbons (Fsp3) is 0.464. The summed E-state index contributed by atoms with van der Waals surface area (Å²) >= 11 is 0. The zero-order valence-corrected chi connectivity index (χ0v) is 23.3. The average Bonchev–Trinajstić information content (AvgIpc) is 2.98. The molecule has 0 saturated carbocycles. The van der Waals surface area contributed by atoms with Gasteiger partial charge in [0.15, 0.2) is 23.5 Å². The first-order valence-corrected chi connectivity index (χ1v) is 13.4. The van der Waals surface area contributed by atoms with Gasteiger partial charge >= 0.3 is 0 Å². The molecule has 16 heteroatoms. The zero-order valence-electron chi connectivity index (χ0n) is 23.3. The molecule has 0 bridgehead atoms. The van der Waals surface area contributed by atoms with Crippen LogP contribution >= 0.6 is 0 Å². The number of rotatable bonds is 7. The van der Waals surface area contributed by atoms with Gasteiger partial charge in [-0.2, -0.15) is 0 Å². The maximum Gasteiger partial charge on any atom is 0.239 e. The minimum absolute atomic E-state index is 0.0151. The number of phenolic OH excluding ortho intramolecular Hbond substituents is 3. The first kappa shape index (κ1) is 31.7. The molecule has 240 valence electrons. The van der Waals surface area contributed by atoms with Gasteiger partial charge in [0.25, 0.3) is 0 Å². The SMILES string of the molecule is COc1cc(-c2oc3cc(O)cc(O)c3c(=O)c2O[C@H]2O[C@@H](CO[C@@H]3O[C@@H](C)[C@H](O)[C@@H](O)[C@@H]3O)[C@@H](O)[C@@H](O)[C@@H]2O)ccc1O. The van der Waals surface area contributed by atoms with E-state index >= 15 is 0 Å². The molecule has 9 N–H and O–H groups in total. The first-order valence-electron chi connectivity index (χ1n) is 13.4. The van der Waals surface area contributed by atoms with Crippen molar-refractivity contribution < 1.29 is 74.1 Å². The second kappa shape index (κ2) is 12.4. The van der Waals surface area contributed by atoms with Gasteiger partial charge < -0.3 is 74.1 Å². The van der Waals surface area contributed by atoms with E-state index in [9.17, 15) is 50.8 Å². The van der Waals surface area contributed by atoms with Gasteiger partial charge in [-0.15, -0.1) is 0 Å². The van der Waals surface area contributed by atoms with Crippen molar-refractivity contribution in [2.24, 2.45) is 0 Å². The predicted molar refractivity (Wildman–Crippen MR) is 145 cm³/mol. The fourth-order valence-corrected chi connectivity index (χ4v) is 4.99. The van der Waals surface area contributed by atoms with Crippen LogP contribution in [-0.4, -0.2) is 121 Å². The maximum absolute atomic E-state index is 13.7. The van der Waals surface area contributed by atoms with Crippen LogP contribution in [0.2, 0.25) is 0 Å². The van der Waals surface area contributed by atoms with E-state index in [0.29, 0.717) is 0 Å². The van der Waals surface area contributed by atoms with Crippen LogP contribution in [0.1, 0.15) is 6.92 Å². The van der Waals surface area contributed by atoms with E-state index in [-0.39, 0.29) is 28.4 Å². The third-order valence-corrected chi connectivity index (χ3v) is 7.50. The summed E-state index contributed by atoms with van der Waals surface area (Å²) < 4.78 is 33.2. The van der Waals surface area contributed by atoms with Gasteiger partial charge in [-0.3, -0.25) is 4.79 Å². The molecular formula is C28H32O16. The number of hydrogen-bond acceptors (Lipinski definition) is 16. The van der Waals surface area contributed by atoms with Crippen molar-refractivity contribution >= 4 is 11.0 Å². The second-order valence-corrected chi connectivity index (χ2v) is 10.5. The normalized spacial score (nSPS) is 32.5. The molecule has 3 aromatic rings. The van der Waals surface area contributed by atoms with Crippen molar-refractivity contribution in [1.82, 2.24) is 0 Å². The zero-order chi connectivity index (χ0) is 32.0. The number of aromatic hydroxyl groups is 3. The van der Waals surface area contributed by atoms with Crippen molar-refractivity contribution in [3.05, 3.63) is 40.6 Å². The Bertz CT molecular complexity index is 1560. The van der Waals surface area contributed by atoms with Crippen molar-refractivity contribution in [3.63, 3.8) is 0 Å². The number of aliphatic hydroxyl groups excluding tert-OH is 6. The van der Waals surface area contributed by atoms with Crippen LogP contribution < -0.4 is 14.9 Å². The molecule has 2 saturated heterocycles. The van der Waals surface area contributed by atoms with Crippen LogP contribution in [0.15, 0.2) is 39.5 Å². The Kier molecular flexibility index (Phi) is 8.90. The molecule has 5 rings (SSSR count). The van der Waals surface area contributed by atoms with E-state index in [2.05, 4.69) is 0 Å². The van der Waals surface area contributed by atoms with Crippen LogP contribution in [0.3, 0.4) is 0 Å². The highest BCUT2D eigenvalue weighted by Crippen LogP contribution is 2.39. The quantitative estimate of drug-likeness (QED) is 0.147. The summed E-state index contributed by atoms with van der Waals surface area (Å²) in [4.78, 5) is 13.7. The summed E-state index contributed by atoms with van der Waals surface area (Å²) in [5, 5.41) is 92.1. The van der Waals surface area contributed by atoms with E-state index in [1.54, 1.807) is 0 Å². The molecule has 0 unspecified atom stereocenters. The molecule has 2 aromatic carbocycles. The average molecular weight is 625 g/mol. The van der Waals surface area contributed by atoms with Gasteiger partial charge in [-0.1, -0.05) is 0 Å². The van der Waals surface area contributed by atoms with Crippen molar-refractivity contribution in [3.8, 4) is 40.1 Å². The molecule has 3 heterocycles. The van der Waals surface area contributed by atoms with Crippen LogP contribution in [0.25, 0.3) is 22.3 Å². The molecule has 0 amide bonds. The Morgan fingerprint density at radius 1 is 0.795 bits per heavy atom. The predicted octanol–water partition coefficient (Wildman–Crippen LogP) is -1.38. The second-order valence-electron chi connectivity index (χ2n) is 10.5. The molecule has 0 spiro atoms. The van der Waals surface area contributed by atoms with Gasteiger partial charge in [0.1, 0.15) is 65.2 Å². The summed E-state index contributed by atoms with van der Waals surface area (Å²) in [6, 6.07) is 5.83. The third kappa shape index (κ3) is 5.74. The summed E-state index contributed by atoms with van der Waals surface area (Å²) in [7, 11) is 1.28. The smallest absolute Gasteiger partial charge is 0.239 e. The number of hydrogen-bond donors (Lipinski definition) is 9. The van der Waals surface area contributed by atoms with Gasteiger partial charge in [-0.25, -0.2) is 0 Å². The van der Waals surface area contributed by atoms with Gasteiger partial charge in [-0.05, 0) is 25.1 Å². The molecule has 1 aromatic heterocycles. The molecule has 2 fully saturated rings. The van der Waals surface area contributed by atoms with Crippen LogP contribution in [-0.2, 0) is 14.2 Å². The van der Waals surface area contributed by atoms with Crippen molar-refractivity contribution in [1.29, 1.82) is 0 Å². The standard InChI is InChI=1S/C28H32O16/c1-9-18(32)21(35)23(37)27(41-9)40-8-16-19(33)22(36)24(38)28(43-16)44-26-20(34)17-13(31)6-11(29)7-15(17)42-25(26)10-3-4-12(30)14(5-10)39-2/h3-7,9,16,18-19,21-24,27-33,35-38H,8H2,1-2H3/t9-,16-,18-,19+,21+,22+,23-,24-,27+,28+/m0/s1. The molecule has 44 heavy (non-hydrogen) atoms. The van der Waals surface area contributed by atoms with Crippen LogP contribution in [0.4, 0.5) is 0 Å². The topological polar surface area (TPSA) is 258 Å². The third-order valence-electron chi connectivity index (χ3n) is 7.50. The maximum atomic E-state index is 13.7. The van der Waals surface area contributed by atoms with E-state index in [1.165, 1.54) is 32.2 Å². The number of fused-ring (bicyclic) bond motifs is 1. The van der Waals surface area contributed by atoms with Crippen LogP contribution in [0, 0.1) is 0 Å². The minimum Gasteiger partial charge on any atom is -0.508 e. The first-order chi connectivity index (χ1) is 20.8. The molecule has 10 atom stereocenters. The fourth-order valence-electron chi connectivity index (χ4n) is 4.99. The molecular weight excluding hydrogens is 592 g/mol. The van der Waals surface area contributed by atoms with Gasteiger partial charge in [0, 0.05) is 17.7 Å². The molecule has 0 aliphatic carbocycles. The molecule has 16 nitrogen and oxygen atoms in total. The van der Waals surface area contributed by atoms with Crippen LogP contribution in [0.5, 0.6) is 28.7 Å². The van der Waals surface area contributed by atoms with E-state index in [0.717, 1.165) is 12.1 Å². The number of ether oxygens (including phenoxy) is 5. The number of benzene rings is 2. The Hall–Kier alpha value is -3.71. The Morgan fingerprint density at radius 2 is 1.48 bits per heavy atom. The molecule has 2 aliphatic heterocycles. The Labute approximate surface area is 248 Å². The lowest BCUT2D eigenvalue weighted by atomic mass is 9.98. The monoisotopic (exact) mass is 624 g/mol. The minimum atomic E-state index is -1.94. The molecule has 2 aliphatic rings. The summed E-state index contributed by atoms with van der Waals surface area (Å²) in [5.74, 6) is -2.28. The highest BCUT2D eigenvalue weighted by atomic mass is 16.7. The van der Waals surface area contributed by atoms with E-state index in [4.69, 9.17) is 28.1 Å². The van der Waals surface area contributed by atoms with Gasteiger partial charge in [0.05, 0.1) is 19.8 Å². The summed E-state index contributed by atoms with van der Waals surface area (Å²) in [6.45, 7) is 0.845. The summed E-state index contributed by atoms with van der Waals surface area (Å²) in [6.07, 6.45) is -16.0.